The summed E-state index contributed by atoms with van der Waals surface area (Å²) in [5.41, 5.74) is 4.12. The first kappa shape index (κ1) is 14.0. The maximum absolute atomic E-state index is 4.79. The molecule has 2 aromatic carbocycles. The van der Waals surface area contributed by atoms with Crippen LogP contribution in [0.2, 0.25) is 0 Å². The fourth-order valence-corrected chi connectivity index (χ4v) is 3.72. The minimum absolute atomic E-state index is 0.922. The van der Waals surface area contributed by atoms with Crippen LogP contribution < -0.4 is 0 Å². The van der Waals surface area contributed by atoms with Gasteiger partial charge < -0.3 is 0 Å². The summed E-state index contributed by atoms with van der Waals surface area (Å²) in [6, 6.07) is 18.6. The second-order valence-corrected chi connectivity index (χ2v) is 6.91. The smallest absolute Gasteiger partial charge is 0.165 e. The second-order valence-electron chi connectivity index (χ2n) is 4.92. The molecule has 108 valence electrons. The van der Waals surface area contributed by atoms with Crippen LogP contribution in [0, 0.1) is 3.57 Å². The van der Waals surface area contributed by atoms with E-state index in [9.17, 15) is 0 Å². The van der Waals surface area contributed by atoms with E-state index < -0.39 is 0 Å². The van der Waals surface area contributed by atoms with E-state index in [0.29, 0.717) is 0 Å². The number of halogens is 1. The van der Waals surface area contributed by atoms with Gasteiger partial charge in [0.1, 0.15) is 5.03 Å². The van der Waals surface area contributed by atoms with E-state index in [4.69, 9.17) is 10.1 Å². The summed E-state index contributed by atoms with van der Waals surface area (Å²) in [6.45, 7) is 0. The minimum Gasteiger partial charge on any atom is -0.221 e. The van der Waals surface area contributed by atoms with Gasteiger partial charge in [-0.05, 0) is 47.0 Å². The second kappa shape index (κ2) is 5.55. The van der Waals surface area contributed by atoms with Gasteiger partial charge in [0.25, 0.3) is 0 Å². The molecular formula is C17H12IN3S. The minimum atomic E-state index is 0.922. The number of hydrogen-bond donors (Lipinski definition) is 0. The average Bonchev–Trinajstić information content (AvgIpc) is 2.94. The van der Waals surface area contributed by atoms with Crippen molar-refractivity contribution in [3.63, 3.8) is 0 Å². The summed E-state index contributed by atoms with van der Waals surface area (Å²) >= 11 is 4.01. The van der Waals surface area contributed by atoms with E-state index in [1.807, 2.05) is 34.8 Å². The predicted octanol–water partition coefficient (Wildman–Crippen LogP) is 4.88. The Kier molecular flexibility index (Phi) is 3.54. The molecule has 0 atom stereocenters. The molecule has 4 aromatic rings. The maximum atomic E-state index is 4.79. The van der Waals surface area contributed by atoms with Crippen LogP contribution in [0.3, 0.4) is 0 Å². The summed E-state index contributed by atoms with van der Waals surface area (Å²) in [4.78, 5) is 4.79. The van der Waals surface area contributed by atoms with Gasteiger partial charge in [0.05, 0.1) is 16.6 Å². The maximum Gasteiger partial charge on any atom is 0.165 e. The lowest BCUT2D eigenvalue weighted by Crippen LogP contribution is -1.97. The molecule has 0 saturated heterocycles. The molecule has 0 radical (unpaired) electrons. The largest absolute Gasteiger partial charge is 0.221 e. The van der Waals surface area contributed by atoms with Crippen molar-refractivity contribution in [1.82, 2.24) is 14.6 Å². The fourth-order valence-electron chi connectivity index (χ4n) is 2.58. The van der Waals surface area contributed by atoms with E-state index in [1.54, 1.807) is 11.8 Å². The first-order valence-electron chi connectivity index (χ1n) is 6.85. The number of rotatable bonds is 2. The Hall–Kier alpha value is -1.60. The van der Waals surface area contributed by atoms with Crippen molar-refractivity contribution in [3.05, 3.63) is 58.2 Å². The molecule has 0 N–H and O–H groups in total. The van der Waals surface area contributed by atoms with Crippen molar-refractivity contribution >= 4 is 50.9 Å². The molecule has 0 bridgehead atoms. The van der Waals surface area contributed by atoms with Gasteiger partial charge in [0.15, 0.2) is 5.65 Å². The Labute approximate surface area is 145 Å². The molecule has 0 spiro atoms. The van der Waals surface area contributed by atoms with E-state index in [0.717, 1.165) is 32.8 Å². The summed E-state index contributed by atoms with van der Waals surface area (Å²) in [7, 11) is 0. The Balaban J connectivity index is 2.17. The molecule has 2 aromatic heterocycles. The third-order valence-electron chi connectivity index (χ3n) is 3.61. The van der Waals surface area contributed by atoms with Crippen molar-refractivity contribution in [3.8, 4) is 11.3 Å². The average molecular weight is 417 g/mol. The Morgan fingerprint density at radius 2 is 1.86 bits per heavy atom. The lowest BCUT2D eigenvalue weighted by molar-refractivity contribution is 0.938. The van der Waals surface area contributed by atoms with Gasteiger partial charge in [-0.25, -0.2) is 9.50 Å². The van der Waals surface area contributed by atoms with Gasteiger partial charge in [-0.15, -0.1) is 11.8 Å². The van der Waals surface area contributed by atoms with Crippen molar-refractivity contribution in [2.75, 3.05) is 6.26 Å². The predicted molar refractivity (Wildman–Crippen MR) is 100 cm³/mol. The molecule has 0 aliphatic rings. The normalized spacial score (nSPS) is 11.4. The number of benzene rings is 2. The Morgan fingerprint density at radius 1 is 1.05 bits per heavy atom. The molecule has 3 nitrogen and oxygen atoms in total. The standard InChI is InChI=1S/C17H12IN3S/c1-22-15-10-14(11-6-3-2-4-7-11)21-17(19-15)16-12(18)8-5-9-13(16)20-21/h2-10H,1H3. The molecule has 0 unspecified atom stereocenters. The lowest BCUT2D eigenvalue weighted by atomic mass is 10.1. The zero-order valence-corrected chi connectivity index (χ0v) is 14.8. The van der Waals surface area contributed by atoms with Gasteiger partial charge in [-0.1, -0.05) is 36.4 Å². The lowest BCUT2D eigenvalue weighted by Gasteiger charge is -2.07. The van der Waals surface area contributed by atoms with Crippen LogP contribution in [0.15, 0.2) is 59.6 Å². The van der Waals surface area contributed by atoms with Crippen LogP contribution in [0.4, 0.5) is 0 Å². The number of nitrogens with zero attached hydrogens (tertiary/aromatic N) is 3. The van der Waals surface area contributed by atoms with Crippen LogP contribution in [0.1, 0.15) is 0 Å². The van der Waals surface area contributed by atoms with Crippen LogP contribution >= 0.6 is 34.4 Å². The van der Waals surface area contributed by atoms with Crippen molar-refractivity contribution in [2.24, 2.45) is 0 Å². The van der Waals surface area contributed by atoms with Gasteiger partial charge in [0, 0.05) is 9.13 Å². The number of hydrogen-bond acceptors (Lipinski definition) is 3. The fraction of sp³-hybridized carbons (Fsp3) is 0.0588. The summed E-state index contributed by atoms with van der Waals surface area (Å²) < 4.78 is 3.14. The van der Waals surface area contributed by atoms with E-state index in [1.165, 1.54) is 3.57 Å². The van der Waals surface area contributed by atoms with Gasteiger partial charge in [-0.3, -0.25) is 0 Å². The van der Waals surface area contributed by atoms with Gasteiger partial charge in [0.2, 0.25) is 0 Å². The molecule has 2 heterocycles. The number of fused-ring (bicyclic) bond motifs is 3. The van der Waals surface area contributed by atoms with E-state index >= 15 is 0 Å². The molecule has 22 heavy (non-hydrogen) atoms. The highest BCUT2D eigenvalue weighted by Crippen LogP contribution is 2.30. The number of thioether (sulfide) groups is 1. The SMILES string of the molecule is CSc1cc(-c2ccccc2)n2nc3cccc(I)c3c2n1. The summed E-state index contributed by atoms with van der Waals surface area (Å²) in [5.74, 6) is 0. The van der Waals surface area contributed by atoms with Gasteiger partial charge in [-0.2, -0.15) is 5.10 Å². The summed E-state index contributed by atoms with van der Waals surface area (Å²) in [5, 5.41) is 6.90. The zero-order valence-electron chi connectivity index (χ0n) is 11.8. The van der Waals surface area contributed by atoms with Crippen molar-refractivity contribution in [2.45, 2.75) is 5.03 Å². The highest BCUT2D eigenvalue weighted by Gasteiger charge is 2.14. The topological polar surface area (TPSA) is 30.2 Å². The van der Waals surface area contributed by atoms with Crippen LogP contribution in [-0.4, -0.2) is 20.9 Å². The van der Waals surface area contributed by atoms with Crippen molar-refractivity contribution in [1.29, 1.82) is 0 Å². The monoisotopic (exact) mass is 417 g/mol. The molecule has 0 aliphatic heterocycles. The molecule has 4 rings (SSSR count). The molecule has 5 heteroatoms. The Bertz CT molecular complexity index is 979. The third kappa shape index (κ3) is 2.19. The van der Waals surface area contributed by atoms with Crippen LogP contribution in [0.5, 0.6) is 0 Å². The first-order chi connectivity index (χ1) is 10.8. The molecular weight excluding hydrogens is 405 g/mol. The first-order valence-corrected chi connectivity index (χ1v) is 9.15. The zero-order chi connectivity index (χ0) is 15.1. The van der Waals surface area contributed by atoms with E-state index in [2.05, 4.69) is 53.1 Å². The molecule has 0 fully saturated rings. The summed E-state index contributed by atoms with van der Waals surface area (Å²) in [6.07, 6.45) is 2.05. The quantitative estimate of drug-likeness (QED) is 0.265. The van der Waals surface area contributed by atoms with Crippen molar-refractivity contribution < 1.29 is 0 Å². The van der Waals surface area contributed by atoms with Gasteiger partial charge >= 0.3 is 0 Å². The van der Waals surface area contributed by atoms with E-state index in [-0.39, 0.29) is 0 Å². The molecule has 0 aliphatic carbocycles. The highest BCUT2D eigenvalue weighted by molar-refractivity contribution is 14.1. The molecule has 0 amide bonds. The van der Waals surface area contributed by atoms with Crippen LogP contribution in [0.25, 0.3) is 27.8 Å². The van der Waals surface area contributed by atoms with Crippen LogP contribution in [-0.2, 0) is 0 Å². The third-order valence-corrected chi connectivity index (χ3v) is 5.13. The molecule has 0 saturated carbocycles. The number of aromatic nitrogens is 3. The Morgan fingerprint density at radius 3 is 2.64 bits per heavy atom. The highest BCUT2D eigenvalue weighted by atomic mass is 127.